The van der Waals surface area contributed by atoms with Crippen LogP contribution >= 0.6 is 0 Å². The van der Waals surface area contributed by atoms with Crippen LogP contribution in [-0.2, 0) is 0 Å². The van der Waals surface area contributed by atoms with Gasteiger partial charge >= 0.3 is 0 Å². The molecule has 0 heterocycles. The van der Waals surface area contributed by atoms with Gasteiger partial charge in [-0.25, -0.2) is 0 Å². The van der Waals surface area contributed by atoms with Gasteiger partial charge in [-0.2, -0.15) is 0 Å². The summed E-state index contributed by atoms with van der Waals surface area (Å²) in [5.74, 6) is 0. The quantitative estimate of drug-likeness (QED) is 0.874. The Morgan fingerprint density at radius 1 is 0.882 bits per heavy atom. The van der Waals surface area contributed by atoms with Gasteiger partial charge < -0.3 is 10.0 Å². The molecule has 0 aromatic heterocycles. The van der Waals surface area contributed by atoms with Crippen molar-refractivity contribution in [1.82, 2.24) is 4.90 Å². The zero-order valence-electron chi connectivity index (χ0n) is 12.1. The molecule has 2 heteroatoms. The van der Waals surface area contributed by atoms with E-state index in [0.29, 0.717) is 0 Å². The predicted octanol–water partition coefficient (Wildman–Crippen LogP) is 3.34. The molecule has 100 valence electrons. The van der Waals surface area contributed by atoms with Crippen LogP contribution in [0.2, 0.25) is 0 Å². The monoisotopic (exact) mass is 239 g/mol. The minimum Gasteiger partial charge on any atom is -0.397 e. The number of nitrogens with zero attached hydrogens (tertiary/aromatic N) is 1. The van der Waals surface area contributed by atoms with Crippen molar-refractivity contribution in [3.05, 3.63) is 35.9 Å². The van der Waals surface area contributed by atoms with E-state index in [9.17, 15) is 0 Å². The van der Waals surface area contributed by atoms with Crippen molar-refractivity contribution < 1.29 is 5.11 Å². The molecule has 0 saturated heterocycles. The topological polar surface area (TPSA) is 23.5 Å². The third-order valence-corrected chi connectivity index (χ3v) is 2.28. The van der Waals surface area contributed by atoms with Crippen molar-refractivity contribution in [3.8, 4) is 0 Å². The maximum Gasteiger partial charge on any atom is 0.0402 e. The molecule has 0 bridgehead atoms. The van der Waals surface area contributed by atoms with Crippen LogP contribution in [0, 0.1) is 6.92 Å². The Balaban J connectivity index is 0. The Morgan fingerprint density at radius 2 is 1.24 bits per heavy atom. The zero-order chi connectivity index (χ0) is 13.5. The summed E-state index contributed by atoms with van der Waals surface area (Å²) in [5.41, 5.74) is 1.32. The van der Waals surface area contributed by atoms with Gasteiger partial charge in [0.05, 0.1) is 0 Å². The van der Waals surface area contributed by atoms with Gasteiger partial charge in [-0.1, -0.05) is 56.7 Å². The average Bonchev–Trinajstić information content (AvgIpc) is 2.34. The summed E-state index contributed by atoms with van der Waals surface area (Å²) in [6.45, 7) is 14.1. The average molecular weight is 239 g/mol. The van der Waals surface area contributed by atoms with Crippen molar-refractivity contribution >= 4 is 0 Å². The Kier molecular flexibility index (Phi) is 16.5. The zero-order valence-corrected chi connectivity index (χ0v) is 12.1. The molecular weight excluding hydrogens is 210 g/mol. The van der Waals surface area contributed by atoms with Crippen LogP contribution in [0.15, 0.2) is 30.3 Å². The smallest absolute Gasteiger partial charge is 0.0402 e. The lowest BCUT2D eigenvalue weighted by Gasteiger charge is -2.13. The Labute approximate surface area is 107 Å². The number of aryl methyl sites for hydroxylation is 1. The molecule has 1 aromatic carbocycles. The molecule has 0 radical (unpaired) electrons. The van der Waals surface area contributed by atoms with Gasteiger partial charge in [0.25, 0.3) is 0 Å². The van der Waals surface area contributed by atoms with Crippen LogP contribution in [0.4, 0.5) is 0 Å². The summed E-state index contributed by atoms with van der Waals surface area (Å²) < 4.78 is 0. The highest BCUT2D eigenvalue weighted by molar-refractivity contribution is 5.11. The van der Waals surface area contributed by atoms with Crippen molar-refractivity contribution in [2.45, 2.75) is 34.6 Å². The fraction of sp³-hybridized carbons (Fsp3) is 0.600. The number of rotatable bonds is 3. The van der Waals surface area contributed by atoms with E-state index >= 15 is 0 Å². The van der Waals surface area contributed by atoms with E-state index in [4.69, 9.17) is 5.11 Å². The van der Waals surface area contributed by atoms with E-state index < -0.39 is 0 Å². The summed E-state index contributed by atoms with van der Waals surface area (Å²) in [6.07, 6.45) is 0. The van der Waals surface area contributed by atoms with E-state index in [1.165, 1.54) is 25.2 Å². The first-order valence-corrected chi connectivity index (χ1v) is 6.50. The highest BCUT2D eigenvalue weighted by Gasteiger charge is 1.89. The van der Waals surface area contributed by atoms with Crippen LogP contribution in [0.3, 0.4) is 0 Å². The molecule has 0 unspecified atom stereocenters. The Morgan fingerprint density at radius 3 is 1.35 bits per heavy atom. The van der Waals surface area contributed by atoms with E-state index in [1.807, 2.05) is 18.2 Å². The second-order valence-electron chi connectivity index (χ2n) is 3.59. The van der Waals surface area contributed by atoms with Gasteiger partial charge in [-0.3, -0.25) is 0 Å². The SMILES string of the molecule is CCN(CC)CC.CCO.Cc1ccccc1. The normalized spacial score (nSPS) is 8.88. The molecule has 0 fully saturated rings. The standard InChI is InChI=1S/C7H8.C6H15N.C2H6O/c1-7-5-3-2-4-6-7;1-4-7(5-2)6-3;1-2-3/h2-6H,1H3;4-6H2,1-3H3;3H,2H2,1H3. The van der Waals surface area contributed by atoms with Gasteiger partial charge in [-0.15, -0.1) is 0 Å². The lowest BCUT2D eigenvalue weighted by molar-refractivity contribution is 0.318. The summed E-state index contributed by atoms with van der Waals surface area (Å²) in [4.78, 5) is 2.38. The molecule has 0 spiro atoms. The minimum absolute atomic E-state index is 0.250. The first-order valence-electron chi connectivity index (χ1n) is 6.50. The van der Waals surface area contributed by atoms with Gasteiger partial charge in [0.15, 0.2) is 0 Å². The Bertz CT molecular complexity index is 214. The molecule has 0 atom stereocenters. The lowest BCUT2D eigenvalue weighted by Crippen LogP contribution is -2.21. The van der Waals surface area contributed by atoms with E-state index in [-0.39, 0.29) is 6.61 Å². The van der Waals surface area contributed by atoms with Crippen LogP contribution in [0.5, 0.6) is 0 Å². The molecule has 17 heavy (non-hydrogen) atoms. The fourth-order valence-corrected chi connectivity index (χ4v) is 1.21. The molecule has 1 N–H and O–H groups in total. The molecule has 1 aromatic rings. The van der Waals surface area contributed by atoms with E-state index in [0.717, 1.165) is 0 Å². The second-order valence-corrected chi connectivity index (χ2v) is 3.59. The summed E-state index contributed by atoms with van der Waals surface area (Å²) in [7, 11) is 0. The molecule has 0 aliphatic carbocycles. The molecule has 0 saturated carbocycles. The Hall–Kier alpha value is -0.860. The third kappa shape index (κ3) is 15.1. The first kappa shape index (κ1) is 18.5. The van der Waals surface area contributed by atoms with E-state index in [2.05, 4.69) is 44.7 Å². The fourth-order valence-electron chi connectivity index (χ4n) is 1.21. The van der Waals surface area contributed by atoms with Crippen molar-refractivity contribution in [2.75, 3.05) is 26.2 Å². The molecule has 1 rings (SSSR count). The maximum absolute atomic E-state index is 7.57. The number of hydrogen-bond acceptors (Lipinski definition) is 2. The lowest BCUT2D eigenvalue weighted by atomic mass is 10.2. The van der Waals surface area contributed by atoms with Gasteiger partial charge in [0.1, 0.15) is 0 Å². The minimum atomic E-state index is 0.250. The molecular formula is C15H29NO. The molecule has 2 nitrogen and oxygen atoms in total. The number of benzene rings is 1. The van der Waals surface area contributed by atoms with Gasteiger partial charge in [-0.05, 0) is 33.5 Å². The van der Waals surface area contributed by atoms with Crippen LogP contribution in [0.25, 0.3) is 0 Å². The molecule has 0 aliphatic heterocycles. The van der Waals surface area contributed by atoms with Crippen LogP contribution in [0.1, 0.15) is 33.3 Å². The first-order chi connectivity index (χ1) is 8.15. The van der Waals surface area contributed by atoms with Crippen molar-refractivity contribution in [1.29, 1.82) is 0 Å². The summed E-state index contributed by atoms with van der Waals surface area (Å²) in [5, 5.41) is 7.57. The predicted molar refractivity (Wildman–Crippen MR) is 77.4 cm³/mol. The molecule has 0 aliphatic rings. The van der Waals surface area contributed by atoms with Crippen LogP contribution < -0.4 is 0 Å². The van der Waals surface area contributed by atoms with Crippen LogP contribution in [-0.4, -0.2) is 36.2 Å². The number of aliphatic hydroxyl groups is 1. The summed E-state index contributed by atoms with van der Waals surface area (Å²) in [6, 6.07) is 10.3. The summed E-state index contributed by atoms with van der Waals surface area (Å²) >= 11 is 0. The van der Waals surface area contributed by atoms with E-state index in [1.54, 1.807) is 6.92 Å². The third-order valence-electron chi connectivity index (χ3n) is 2.28. The molecule has 0 amide bonds. The van der Waals surface area contributed by atoms with Crippen molar-refractivity contribution in [3.63, 3.8) is 0 Å². The maximum atomic E-state index is 7.57. The highest BCUT2D eigenvalue weighted by Crippen LogP contribution is 1.92. The highest BCUT2D eigenvalue weighted by atomic mass is 16.2. The van der Waals surface area contributed by atoms with Gasteiger partial charge in [0.2, 0.25) is 0 Å². The largest absolute Gasteiger partial charge is 0.397 e. The number of aliphatic hydroxyl groups excluding tert-OH is 1. The van der Waals surface area contributed by atoms with Crippen molar-refractivity contribution in [2.24, 2.45) is 0 Å². The second kappa shape index (κ2) is 15.1. The number of hydrogen-bond donors (Lipinski definition) is 1. The van der Waals surface area contributed by atoms with Gasteiger partial charge in [0, 0.05) is 6.61 Å².